The Balaban J connectivity index is 1.80. The molecule has 6 nitrogen and oxygen atoms in total. The molecule has 0 saturated heterocycles. The summed E-state index contributed by atoms with van der Waals surface area (Å²) >= 11 is 7.52. The fourth-order valence-corrected chi connectivity index (χ4v) is 3.45. The fraction of sp³-hybridized carbons (Fsp3) is 0.150. The summed E-state index contributed by atoms with van der Waals surface area (Å²) in [4.78, 5) is 28.6. The number of ether oxygens (including phenoxy) is 1. The molecule has 2 aromatic carbocycles. The lowest BCUT2D eigenvalue weighted by Crippen LogP contribution is -2.14. The second kappa shape index (κ2) is 8.86. The van der Waals surface area contributed by atoms with Crippen LogP contribution >= 0.6 is 22.9 Å². The number of anilines is 2. The van der Waals surface area contributed by atoms with Crippen LogP contribution in [-0.2, 0) is 4.79 Å². The average molecular weight is 416 g/mol. The summed E-state index contributed by atoms with van der Waals surface area (Å²) in [7, 11) is 1.59. The van der Waals surface area contributed by atoms with Crippen molar-refractivity contribution < 1.29 is 14.3 Å². The van der Waals surface area contributed by atoms with Gasteiger partial charge in [-0.1, -0.05) is 30.7 Å². The first kappa shape index (κ1) is 19.9. The van der Waals surface area contributed by atoms with E-state index in [4.69, 9.17) is 16.3 Å². The van der Waals surface area contributed by atoms with Crippen LogP contribution in [0.3, 0.4) is 0 Å². The summed E-state index contributed by atoms with van der Waals surface area (Å²) in [6.07, 6.45) is 0.356. The van der Waals surface area contributed by atoms with Crippen molar-refractivity contribution in [3.05, 3.63) is 58.6 Å². The number of thiazole rings is 1. The highest BCUT2D eigenvalue weighted by atomic mass is 35.5. The normalized spacial score (nSPS) is 10.4. The van der Waals surface area contributed by atoms with E-state index in [0.717, 1.165) is 5.56 Å². The van der Waals surface area contributed by atoms with Crippen molar-refractivity contribution in [2.24, 2.45) is 0 Å². The summed E-state index contributed by atoms with van der Waals surface area (Å²) in [5.74, 6) is 0.171. The molecule has 0 aliphatic heterocycles. The van der Waals surface area contributed by atoms with Crippen molar-refractivity contribution in [3.63, 3.8) is 0 Å². The van der Waals surface area contributed by atoms with E-state index >= 15 is 0 Å². The molecule has 0 radical (unpaired) electrons. The van der Waals surface area contributed by atoms with Crippen molar-refractivity contribution in [3.8, 4) is 16.3 Å². The third-order valence-corrected chi connectivity index (χ3v) is 5.10. The lowest BCUT2D eigenvalue weighted by atomic mass is 10.2. The van der Waals surface area contributed by atoms with Gasteiger partial charge in [-0.3, -0.25) is 9.59 Å². The van der Waals surface area contributed by atoms with Gasteiger partial charge in [-0.2, -0.15) is 0 Å². The van der Waals surface area contributed by atoms with E-state index in [2.05, 4.69) is 15.6 Å². The number of methoxy groups -OCH3 is 1. The number of hydrogen-bond acceptors (Lipinski definition) is 5. The van der Waals surface area contributed by atoms with Gasteiger partial charge in [-0.25, -0.2) is 4.98 Å². The first-order valence-corrected chi connectivity index (χ1v) is 9.77. The number of rotatable bonds is 6. The molecule has 1 heterocycles. The van der Waals surface area contributed by atoms with Crippen molar-refractivity contribution >= 4 is 46.1 Å². The van der Waals surface area contributed by atoms with Crippen molar-refractivity contribution in [2.45, 2.75) is 13.3 Å². The van der Waals surface area contributed by atoms with Crippen LogP contribution in [0.25, 0.3) is 10.6 Å². The molecule has 0 atom stereocenters. The van der Waals surface area contributed by atoms with Gasteiger partial charge in [0.05, 0.1) is 23.4 Å². The topological polar surface area (TPSA) is 80.3 Å². The average Bonchev–Trinajstić information content (AvgIpc) is 3.20. The first-order valence-electron chi connectivity index (χ1n) is 8.51. The molecule has 0 aliphatic carbocycles. The number of nitrogens with one attached hydrogen (secondary N) is 2. The lowest BCUT2D eigenvalue weighted by Gasteiger charge is -2.09. The van der Waals surface area contributed by atoms with Crippen molar-refractivity contribution in [1.29, 1.82) is 0 Å². The van der Waals surface area contributed by atoms with E-state index in [-0.39, 0.29) is 11.6 Å². The summed E-state index contributed by atoms with van der Waals surface area (Å²) < 4.78 is 5.35. The van der Waals surface area contributed by atoms with Crippen LogP contribution in [0, 0.1) is 0 Å². The molecule has 144 valence electrons. The predicted molar refractivity (Wildman–Crippen MR) is 112 cm³/mol. The molecule has 0 saturated carbocycles. The largest absolute Gasteiger partial charge is 0.496 e. The molecular weight excluding hydrogens is 398 g/mol. The van der Waals surface area contributed by atoms with Crippen LogP contribution in [0.4, 0.5) is 11.4 Å². The number of carbonyl (C=O) groups excluding carboxylic acids is 2. The van der Waals surface area contributed by atoms with Gasteiger partial charge in [0, 0.05) is 17.5 Å². The summed E-state index contributed by atoms with van der Waals surface area (Å²) in [6, 6.07) is 12.4. The van der Waals surface area contributed by atoms with Crippen LogP contribution in [0.15, 0.2) is 47.8 Å². The summed E-state index contributed by atoms with van der Waals surface area (Å²) in [5, 5.41) is 8.19. The minimum atomic E-state index is -0.390. The van der Waals surface area contributed by atoms with Crippen LogP contribution in [-0.4, -0.2) is 23.9 Å². The molecule has 0 aliphatic rings. The molecule has 1 aromatic heterocycles. The van der Waals surface area contributed by atoms with Gasteiger partial charge >= 0.3 is 0 Å². The number of amides is 2. The maximum Gasteiger partial charge on any atom is 0.275 e. The quantitative estimate of drug-likeness (QED) is 0.588. The van der Waals surface area contributed by atoms with Gasteiger partial charge in [-0.05, 0) is 30.3 Å². The van der Waals surface area contributed by atoms with E-state index in [1.54, 1.807) is 37.6 Å². The predicted octanol–water partition coefficient (Wildman–Crippen LogP) is 5.07. The monoisotopic (exact) mass is 415 g/mol. The Morgan fingerprint density at radius 1 is 1.18 bits per heavy atom. The first-order chi connectivity index (χ1) is 13.5. The number of aromatic nitrogens is 1. The highest BCUT2D eigenvalue weighted by molar-refractivity contribution is 7.13. The van der Waals surface area contributed by atoms with E-state index in [0.29, 0.717) is 33.6 Å². The second-order valence-electron chi connectivity index (χ2n) is 5.79. The molecule has 0 spiro atoms. The van der Waals surface area contributed by atoms with Gasteiger partial charge in [0.1, 0.15) is 16.5 Å². The number of nitrogens with zero attached hydrogens (tertiary/aromatic N) is 1. The molecule has 0 bridgehead atoms. The van der Waals surface area contributed by atoms with Crippen LogP contribution in [0.2, 0.25) is 5.02 Å². The number of hydrogen-bond donors (Lipinski definition) is 2. The molecule has 8 heteroatoms. The molecule has 3 rings (SSSR count). The Hall–Kier alpha value is -2.90. The van der Waals surface area contributed by atoms with Crippen LogP contribution in [0.1, 0.15) is 23.8 Å². The zero-order chi connectivity index (χ0) is 20.1. The minimum Gasteiger partial charge on any atom is -0.496 e. The summed E-state index contributed by atoms with van der Waals surface area (Å²) in [5.41, 5.74) is 2.04. The van der Waals surface area contributed by atoms with Crippen LogP contribution < -0.4 is 15.4 Å². The number of benzene rings is 2. The molecule has 28 heavy (non-hydrogen) atoms. The SMILES string of the molecule is CCC(=O)Nc1ccc(Cl)c(NC(=O)c2csc(-c3ccccc3OC)n2)c1. The number of para-hydroxylation sites is 1. The smallest absolute Gasteiger partial charge is 0.275 e. The van der Waals surface area contributed by atoms with E-state index in [1.807, 2.05) is 24.3 Å². The highest BCUT2D eigenvalue weighted by Crippen LogP contribution is 2.32. The molecule has 3 aromatic rings. The second-order valence-corrected chi connectivity index (χ2v) is 7.05. The third-order valence-electron chi connectivity index (χ3n) is 3.89. The molecule has 2 N–H and O–H groups in total. The van der Waals surface area contributed by atoms with Gasteiger partial charge in [0.25, 0.3) is 5.91 Å². The molecule has 0 unspecified atom stereocenters. The number of carbonyl (C=O) groups is 2. The van der Waals surface area contributed by atoms with Crippen molar-refractivity contribution in [1.82, 2.24) is 4.98 Å². The third kappa shape index (κ3) is 4.49. The molecule has 2 amide bonds. The van der Waals surface area contributed by atoms with E-state index < -0.39 is 5.91 Å². The Morgan fingerprint density at radius 2 is 1.96 bits per heavy atom. The molecular formula is C20H18ClN3O3S. The van der Waals surface area contributed by atoms with Gasteiger partial charge in [0.2, 0.25) is 5.91 Å². The Morgan fingerprint density at radius 3 is 2.71 bits per heavy atom. The fourth-order valence-electron chi connectivity index (χ4n) is 2.46. The number of halogens is 1. The van der Waals surface area contributed by atoms with E-state index in [1.165, 1.54) is 11.3 Å². The Labute approximate surface area is 171 Å². The summed E-state index contributed by atoms with van der Waals surface area (Å²) in [6.45, 7) is 1.76. The Kier molecular flexibility index (Phi) is 6.28. The van der Waals surface area contributed by atoms with Gasteiger partial charge in [0.15, 0.2) is 0 Å². The lowest BCUT2D eigenvalue weighted by molar-refractivity contribution is -0.115. The highest BCUT2D eigenvalue weighted by Gasteiger charge is 2.16. The maximum absolute atomic E-state index is 12.6. The van der Waals surface area contributed by atoms with E-state index in [9.17, 15) is 9.59 Å². The zero-order valence-corrected chi connectivity index (χ0v) is 16.9. The maximum atomic E-state index is 12.6. The van der Waals surface area contributed by atoms with Crippen molar-refractivity contribution in [2.75, 3.05) is 17.7 Å². The van der Waals surface area contributed by atoms with Gasteiger partial charge in [-0.15, -0.1) is 11.3 Å². The minimum absolute atomic E-state index is 0.124. The Bertz CT molecular complexity index is 1020. The standard InChI is InChI=1S/C20H18ClN3O3S/c1-3-18(25)22-12-8-9-14(21)15(10-12)23-19(26)16-11-28-20(24-16)13-6-4-5-7-17(13)27-2/h4-11H,3H2,1-2H3,(H,22,25)(H,23,26). The zero-order valence-electron chi connectivity index (χ0n) is 15.3. The van der Waals surface area contributed by atoms with Crippen LogP contribution in [0.5, 0.6) is 5.75 Å². The molecule has 0 fully saturated rings. The van der Waals surface area contributed by atoms with Gasteiger partial charge < -0.3 is 15.4 Å².